The molecule has 0 spiro atoms. The Hall–Kier alpha value is -1.94. The molecule has 0 aliphatic carbocycles. The second-order valence-corrected chi connectivity index (χ2v) is 3.66. The van der Waals surface area contributed by atoms with Crippen molar-refractivity contribution in [3.05, 3.63) is 32.8 Å². The van der Waals surface area contributed by atoms with Gasteiger partial charge in [-0.05, 0) is 22.0 Å². The number of non-ortho nitro benzene ring substituents is 1. The van der Waals surface area contributed by atoms with Crippen molar-refractivity contribution in [2.24, 2.45) is 0 Å². The van der Waals surface area contributed by atoms with E-state index in [2.05, 4.69) is 21.2 Å². The average Bonchev–Trinajstić information content (AvgIpc) is 2.21. The Bertz CT molecular complexity index is 481. The summed E-state index contributed by atoms with van der Waals surface area (Å²) >= 11 is 3.09. The lowest BCUT2D eigenvalue weighted by Crippen LogP contribution is -2.10. The lowest BCUT2D eigenvalue weighted by atomic mass is 10.3. The molecule has 0 aliphatic heterocycles. The fourth-order valence-electron chi connectivity index (χ4n) is 0.985. The highest BCUT2D eigenvalue weighted by molar-refractivity contribution is 9.10. The van der Waals surface area contributed by atoms with E-state index >= 15 is 0 Å². The molecule has 1 aromatic carbocycles. The number of nitriles is 1. The van der Waals surface area contributed by atoms with E-state index in [0.29, 0.717) is 10.2 Å². The predicted octanol–water partition coefficient (Wildman–Crippen LogP) is 2.21. The Morgan fingerprint density at radius 1 is 1.62 bits per heavy atom. The fourth-order valence-corrected chi connectivity index (χ4v) is 1.45. The molecule has 0 aliphatic rings. The van der Waals surface area contributed by atoms with Crippen LogP contribution in [0.25, 0.3) is 0 Å². The number of nitrogens with one attached hydrogen (secondary N) is 1. The van der Waals surface area contributed by atoms with Gasteiger partial charge < -0.3 is 5.32 Å². The number of anilines is 1. The van der Waals surface area contributed by atoms with Crippen molar-refractivity contribution in [2.75, 3.05) is 5.32 Å². The number of amides is 1. The Morgan fingerprint density at radius 3 is 2.81 bits per heavy atom. The molecule has 0 unspecified atom stereocenters. The number of benzene rings is 1. The van der Waals surface area contributed by atoms with Gasteiger partial charge >= 0.3 is 0 Å². The normalized spacial score (nSPS) is 9.25. The van der Waals surface area contributed by atoms with Gasteiger partial charge in [-0.3, -0.25) is 14.9 Å². The predicted molar refractivity (Wildman–Crippen MR) is 59.7 cm³/mol. The molecule has 1 aromatic rings. The van der Waals surface area contributed by atoms with E-state index in [1.54, 1.807) is 6.07 Å². The van der Waals surface area contributed by atoms with Crippen LogP contribution < -0.4 is 5.32 Å². The summed E-state index contributed by atoms with van der Waals surface area (Å²) in [6.45, 7) is 0. The summed E-state index contributed by atoms with van der Waals surface area (Å²) in [7, 11) is 0. The number of nitro benzene ring substituents is 1. The zero-order chi connectivity index (χ0) is 12.1. The molecule has 0 saturated heterocycles. The molecule has 0 fully saturated rings. The van der Waals surface area contributed by atoms with Crippen LogP contribution in [-0.2, 0) is 4.79 Å². The van der Waals surface area contributed by atoms with E-state index in [0.717, 1.165) is 0 Å². The molecule has 1 N–H and O–H groups in total. The van der Waals surface area contributed by atoms with Crippen molar-refractivity contribution in [1.29, 1.82) is 5.26 Å². The number of nitro groups is 1. The first-order valence-electron chi connectivity index (χ1n) is 4.15. The summed E-state index contributed by atoms with van der Waals surface area (Å²) in [6, 6.07) is 5.65. The largest absolute Gasteiger partial charge is 0.324 e. The third-order valence-electron chi connectivity index (χ3n) is 1.68. The van der Waals surface area contributed by atoms with E-state index in [9.17, 15) is 14.9 Å². The first-order valence-corrected chi connectivity index (χ1v) is 4.94. The maximum atomic E-state index is 11.1. The van der Waals surface area contributed by atoms with Crippen molar-refractivity contribution in [1.82, 2.24) is 0 Å². The van der Waals surface area contributed by atoms with Gasteiger partial charge in [0.25, 0.3) is 5.69 Å². The fraction of sp³-hybridized carbons (Fsp3) is 0.111. The van der Waals surface area contributed by atoms with Crippen LogP contribution in [0.1, 0.15) is 6.42 Å². The van der Waals surface area contributed by atoms with Crippen LogP contribution in [-0.4, -0.2) is 10.8 Å². The van der Waals surface area contributed by atoms with Gasteiger partial charge in [-0.25, -0.2) is 0 Å². The standard InChI is InChI=1S/C9H6BrN3O3/c10-7-5-6(13(15)16)1-2-8(7)12-9(14)3-4-11/h1-2,5H,3H2,(H,12,14). The molecule has 0 bridgehead atoms. The van der Waals surface area contributed by atoms with E-state index < -0.39 is 10.8 Å². The topological polar surface area (TPSA) is 96.0 Å². The Kier molecular flexibility index (Phi) is 3.96. The lowest BCUT2D eigenvalue weighted by molar-refractivity contribution is -0.384. The van der Waals surface area contributed by atoms with Crippen molar-refractivity contribution in [2.45, 2.75) is 6.42 Å². The highest BCUT2D eigenvalue weighted by Crippen LogP contribution is 2.27. The number of nitrogens with zero attached hydrogens (tertiary/aromatic N) is 2. The van der Waals surface area contributed by atoms with Crippen LogP contribution in [0, 0.1) is 21.4 Å². The maximum absolute atomic E-state index is 11.1. The SMILES string of the molecule is N#CCC(=O)Nc1ccc([N+](=O)[O-])cc1Br. The maximum Gasteiger partial charge on any atom is 0.270 e. The van der Waals surface area contributed by atoms with E-state index in [4.69, 9.17) is 5.26 Å². The summed E-state index contributed by atoms with van der Waals surface area (Å²) in [6.07, 6.45) is -0.260. The average molecular weight is 284 g/mol. The molecule has 0 saturated carbocycles. The third kappa shape index (κ3) is 3.03. The quantitative estimate of drug-likeness (QED) is 0.679. The molecular weight excluding hydrogens is 278 g/mol. The molecule has 82 valence electrons. The number of hydrogen-bond donors (Lipinski definition) is 1. The zero-order valence-corrected chi connectivity index (χ0v) is 9.52. The van der Waals surface area contributed by atoms with E-state index in [1.165, 1.54) is 18.2 Å². The van der Waals surface area contributed by atoms with E-state index in [-0.39, 0.29) is 12.1 Å². The van der Waals surface area contributed by atoms with Crippen molar-refractivity contribution < 1.29 is 9.72 Å². The number of halogens is 1. The van der Waals surface area contributed by atoms with Crippen LogP contribution in [0.15, 0.2) is 22.7 Å². The van der Waals surface area contributed by atoms with Gasteiger partial charge in [0, 0.05) is 16.6 Å². The van der Waals surface area contributed by atoms with E-state index in [1.807, 2.05) is 0 Å². The van der Waals surface area contributed by atoms with Crippen molar-refractivity contribution in [3.63, 3.8) is 0 Å². The van der Waals surface area contributed by atoms with Gasteiger partial charge in [0.2, 0.25) is 5.91 Å². The number of carbonyl (C=O) groups is 1. The summed E-state index contributed by atoms with van der Waals surface area (Å²) in [5.74, 6) is -0.461. The Balaban J connectivity index is 2.88. The molecule has 6 nitrogen and oxygen atoms in total. The van der Waals surface area contributed by atoms with Crippen LogP contribution in [0.4, 0.5) is 11.4 Å². The van der Waals surface area contributed by atoms with Crippen LogP contribution in [0.5, 0.6) is 0 Å². The third-order valence-corrected chi connectivity index (χ3v) is 2.33. The summed E-state index contributed by atoms with van der Waals surface area (Å²) < 4.78 is 0.396. The summed E-state index contributed by atoms with van der Waals surface area (Å²) in [4.78, 5) is 21.0. The Morgan fingerprint density at radius 2 is 2.31 bits per heavy atom. The second-order valence-electron chi connectivity index (χ2n) is 2.80. The molecule has 16 heavy (non-hydrogen) atoms. The first kappa shape index (κ1) is 12.1. The molecule has 0 heterocycles. The monoisotopic (exact) mass is 283 g/mol. The number of hydrogen-bond acceptors (Lipinski definition) is 4. The molecular formula is C9H6BrN3O3. The molecule has 1 rings (SSSR count). The van der Waals surface area contributed by atoms with Crippen molar-refractivity contribution in [3.8, 4) is 6.07 Å². The smallest absolute Gasteiger partial charge is 0.270 e. The minimum Gasteiger partial charge on any atom is -0.324 e. The molecule has 0 aromatic heterocycles. The highest BCUT2D eigenvalue weighted by Gasteiger charge is 2.10. The van der Waals surface area contributed by atoms with Gasteiger partial charge in [-0.2, -0.15) is 5.26 Å². The van der Waals surface area contributed by atoms with Gasteiger partial charge in [0.1, 0.15) is 6.42 Å². The molecule has 7 heteroatoms. The summed E-state index contributed by atoms with van der Waals surface area (Å²) in [5, 5.41) is 21.2. The molecule has 0 atom stereocenters. The lowest BCUT2D eigenvalue weighted by Gasteiger charge is -2.04. The minimum atomic E-state index is -0.536. The highest BCUT2D eigenvalue weighted by atomic mass is 79.9. The van der Waals surface area contributed by atoms with Gasteiger partial charge in [-0.15, -0.1) is 0 Å². The van der Waals surface area contributed by atoms with Crippen LogP contribution in [0.2, 0.25) is 0 Å². The second kappa shape index (κ2) is 5.23. The van der Waals surface area contributed by atoms with Gasteiger partial charge in [-0.1, -0.05) is 0 Å². The van der Waals surface area contributed by atoms with Gasteiger partial charge in [0.15, 0.2) is 0 Å². The summed E-state index contributed by atoms with van der Waals surface area (Å²) in [5.41, 5.74) is 0.316. The molecule has 0 radical (unpaired) electrons. The molecule has 1 amide bonds. The first-order chi connectivity index (χ1) is 7.54. The number of carbonyl (C=O) groups excluding carboxylic acids is 1. The Labute approximate surface area is 99.2 Å². The van der Waals surface area contributed by atoms with Crippen LogP contribution in [0.3, 0.4) is 0 Å². The van der Waals surface area contributed by atoms with Crippen molar-refractivity contribution >= 4 is 33.2 Å². The number of rotatable bonds is 3. The zero-order valence-electron chi connectivity index (χ0n) is 7.94. The van der Waals surface area contributed by atoms with Gasteiger partial charge in [0.05, 0.1) is 16.7 Å². The van der Waals surface area contributed by atoms with Crippen LogP contribution >= 0.6 is 15.9 Å². The minimum absolute atomic E-state index is 0.0786.